The Morgan fingerprint density at radius 1 is 0.923 bits per heavy atom. The van der Waals surface area contributed by atoms with Crippen LogP contribution in [-0.2, 0) is 32.6 Å². The molecule has 0 aliphatic carbocycles. The molecule has 0 aliphatic heterocycles. The summed E-state index contributed by atoms with van der Waals surface area (Å²) in [6, 6.07) is 18.1. The minimum atomic E-state index is -4.14. The average Bonchev–Trinajstić information content (AvgIpc) is 2.90. The summed E-state index contributed by atoms with van der Waals surface area (Å²) in [7, 11) is -4.14. The van der Waals surface area contributed by atoms with Crippen LogP contribution in [0.4, 0.5) is 10.1 Å². The number of rotatable bonds is 11. The van der Waals surface area contributed by atoms with Crippen LogP contribution in [0.2, 0.25) is 0 Å². The topological polar surface area (TPSA) is 86.8 Å². The smallest absolute Gasteiger partial charge is 0.264 e. The Balaban J connectivity index is 2.06. The number of sulfonamides is 1. The van der Waals surface area contributed by atoms with E-state index in [0.717, 1.165) is 15.4 Å². The molecule has 3 aromatic rings. The minimum Gasteiger partial charge on any atom is -0.352 e. The average molecular weight is 554 g/mol. The lowest BCUT2D eigenvalue weighted by atomic mass is 10.1. The van der Waals surface area contributed by atoms with Gasteiger partial charge in [0.05, 0.1) is 10.6 Å². The fraction of sp³-hybridized carbons (Fsp3) is 0.333. The fourth-order valence-electron chi connectivity index (χ4n) is 4.18. The van der Waals surface area contributed by atoms with Crippen molar-refractivity contribution < 1.29 is 22.4 Å². The van der Waals surface area contributed by atoms with Gasteiger partial charge in [-0.25, -0.2) is 12.8 Å². The molecule has 0 fully saturated rings. The van der Waals surface area contributed by atoms with E-state index in [-0.39, 0.29) is 23.4 Å². The molecule has 0 aliphatic rings. The largest absolute Gasteiger partial charge is 0.352 e. The third-order valence-corrected chi connectivity index (χ3v) is 8.17. The van der Waals surface area contributed by atoms with E-state index in [4.69, 9.17) is 0 Å². The van der Waals surface area contributed by atoms with Crippen molar-refractivity contribution in [3.05, 3.63) is 95.3 Å². The third kappa shape index (κ3) is 7.44. The van der Waals surface area contributed by atoms with Gasteiger partial charge in [0.2, 0.25) is 11.8 Å². The van der Waals surface area contributed by atoms with E-state index in [1.807, 2.05) is 39.8 Å². The normalized spacial score (nSPS) is 12.2. The molecule has 0 radical (unpaired) electrons. The van der Waals surface area contributed by atoms with Gasteiger partial charge in [-0.15, -0.1) is 0 Å². The van der Waals surface area contributed by atoms with Crippen molar-refractivity contribution in [1.82, 2.24) is 10.2 Å². The Labute approximate surface area is 230 Å². The van der Waals surface area contributed by atoms with E-state index in [9.17, 15) is 22.4 Å². The third-order valence-electron chi connectivity index (χ3n) is 6.39. The van der Waals surface area contributed by atoms with Gasteiger partial charge in [0, 0.05) is 12.6 Å². The highest BCUT2D eigenvalue weighted by atomic mass is 32.2. The number of carbonyl (C=O) groups excluding carboxylic acids is 2. The predicted octanol–water partition coefficient (Wildman–Crippen LogP) is 4.83. The van der Waals surface area contributed by atoms with Crippen molar-refractivity contribution in [3.8, 4) is 0 Å². The molecule has 1 atom stereocenters. The molecule has 3 aromatic carbocycles. The van der Waals surface area contributed by atoms with Crippen LogP contribution >= 0.6 is 0 Å². The number of hydrogen-bond donors (Lipinski definition) is 1. The summed E-state index contributed by atoms with van der Waals surface area (Å²) >= 11 is 0. The second-order valence-electron chi connectivity index (χ2n) is 9.79. The van der Waals surface area contributed by atoms with Crippen molar-refractivity contribution in [2.45, 2.75) is 64.6 Å². The molecule has 0 saturated carbocycles. The van der Waals surface area contributed by atoms with Gasteiger partial charge in [-0.3, -0.25) is 13.9 Å². The Kier molecular flexibility index (Phi) is 9.86. The van der Waals surface area contributed by atoms with Crippen molar-refractivity contribution in [1.29, 1.82) is 0 Å². The molecule has 39 heavy (non-hydrogen) atoms. The number of amides is 2. The fourth-order valence-corrected chi connectivity index (χ4v) is 5.63. The Bertz CT molecular complexity index is 1390. The number of carbonyl (C=O) groups is 2. The lowest BCUT2D eigenvalue weighted by Crippen LogP contribution is -2.52. The van der Waals surface area contributed by atoms with E-state index >= 15 is 0 Å². The highest BCUT2D eigenvalue weighted by Crippen LogP contribution is 2.28. The first-order valence-corrected chi connectivity index (χ1v) is 14.4. The Morgan fingerprint density at radius 2 is 1.54 bits per heavy atom. The van der Waals surface area contributed by atoms with Gasteiger partial charge in [-0.05, 0) is 75.6 Å². The molecule has 9 heteroatoms. The maximum Gasteiger partial charge on any atom is 0.264 e. The first-order chi connectivity index (χ1) is 18.4. The second-order valence-corrected chi connectivity index (χ2v) is 11.7. The Morgan fingerprint density at radius 3 is 2.13 bits per heavy atom. The predicted molar refractivity (Wildman–Crippen MR) is 151 cm³/mol. The van der Waals surface area contributed by atoms with E-state index in [2.05, 4.69) is 5.32 Å². The molecule has 0 saturated heterocycles. The van der Waals surface area contributed by atoms with E-state index < -0.39 is 34.3 Å². The molecular weight excluding hydrogens is 517 g/mol. The quantitative estimate of drug-likeness (QED) is 0.368. The molecule has 7 nitrogen and oxygen atoms in total. The van der Waals surface area contributed by atoms with Crippen LogP contribution in [0.15, 0.2) is 77.7 Å². The number of para-hydroxylation sites is 1. The minimum absolute atomic E-state index is 0.000358. The van der Waals surface area contributed by atoms with Crippen LogP contribution in [0.3, 0.4) is 0 Å². The highest BCUT2D eigenvalue weighted by molar-refractivity contribution is 7.92. The molecule has 208 valence electrons. The van der Waals surface area contributed by atoms with Crippen LogP contribution in [-0.4, -0.2) is 43.8 Å². The summed E-state index contributed by atoms with van der Waals surface area (Å²) in [4.78, 5) is 28.3. The number of aryl methyl sites for hydroxylation is 2. The standard InChI is InChI=1S/C30H36FN3O4S/c1-6-25-9-7-8-10-28(25)34(39(37,38)27-17-11-22(4)12-18-27)20-29(35)33(23(5)30(36)32-21(2)3)19-24-13-15-26(31)16-14-24/h7-18,21,23H,6,19-20H2,1-5H3,(H,32,36). The summed E-state index contributed by atoms with van der Waals surface area (Å²) in [5, 5.41) is 2.81. The first-order valence-electron chi connectivity index (χ1n) is 13.0. The van der Waals surface area contributed by atoms with Gasteiger partial charge in [0.15, 0.2) is 0 Å². The van der Waals surface area contributed by atoms with Crippen molar-refractivity contribution in [3.63, 3.8) is 0 Å². The maximum atomic E-state index is 13.9. The maximum absolute atomic E-state index is 13.9. The van der Waals surface area contributed by atoms with Crippen LogP contribution < -0.4 is 9.62 Å². The molecular formula is C30H36FN3O4S. The Hall–Kier alpha value is -3.72. The number of nitrogens with one attached hydrogen (secondary N) is 1. The van der Waals surface area contributed by atoms with Crippen LogP contribution in [0.5, 0.6) is 0 Å². The molecule has 0 heterocycles. The molecule has 2 amide bonds. The van der Waals surface area contributed by atoms with Crippen LogP contribution in [0, 0.1) is 12.7 Å². The molecule has 0 bridgehead atoms. The second kappa shape index (κ2) is 12.9. The zero-order valence-electron chi connectivity index (χ0n) is 23.0. The van der Waals surface area contributed by atoms with Crippen molar-refractivity contribution in [2.75, 3.05) is 10.8 Å². The van der Waals surface area contributed by atoms with E-state index in [1.165, 1.54) is 41.3 Å². The monoisotopic (exact) mass is 553 g/mol. The summed E-state index contributed by atoms with van der Waals surface area (Å²) in [6.45, 7) is 8.48. The zero-order chi connectivity index (χ0) is 28.7. The summed E-state index contributed by atoms with van der Waals surface area (Å²) in [6.07, 6.45) is 0.552. The number of nitrogens with zero attached hydrogens (tertiary/aromatic N) is 2. The van der Waals surface area contributed by atoms with Crippen molar-refractivity contribution in [2.24, 2.45) is 0 Å². The lowest BCUT2D eigenvalue weighted by molar-refractivity contribution is -0.139. The van der Waals surface area contributed by atoms with Crippen LogP contribution in [0.1, 0.15) is 44.4 Å². The summed E-state index contributed by atoms with van der Waals surface area (Å²) < 4.78 is 42.6. The molecule has 0 spiro atoms. The number of anilines is 1. The number of hydrogen-bond acceptors (Lipinski definition) is 4. The summed E-state index contributed by atoms with van der Waals surface area (Å²) in [5.74, 6) is -1.36. The highest BCUT2D eigenvalue weighted by Gasteiger charge is 2.33. The number of benzene rings is 3. The van der Waals surface area contributed by atoms with Gasteiger partial charge in [0.1, 0.15) is 18.4 Å². The number of halogens is 1. The van der Waals surface area contributed by atoms with Gasteiger partial charge in [-0.2, -0.15) is 0 Å². The lowest BCUT2D eigenvalue weighted by Gasteiger charge is -2.33. The van der Waals surface area contributed by atoms with Gasteiger partial charge in [0.25, 0.3) is 10.0 Å². The van der Waals surface area contributed by atoms with E-state index in [0.29, 0.717) is 17.7 Å². The van der Waals surface area contributed by atoms with Gasteiger partial charge >= 0.3 is 0 Å². The van der Waals surface area contributed by atoms with Gasteiger partial charge in [-0.1, -0.05) is 55.0 Å². The summed E-state index contributed by atoms with van der Waals surface area (Å²) in [5.41, 5.74) is 2.67. The molecule has 1 unspecified atom stereocenters. The van der Waals surface area contributed by atoms with Crippen LogP contribution in [0.25, 0.3) is 0 Å². The molecule has 0 aromatic heterocycles. The molecule has 1 N–H and O–H groups in total. The van der Waals surface area contributed by atoms with Gasteiger partial charge < -0.3 is 10.2 Å². The molecule has 3 rings (SSSR count). The zero-order valence-corrected chi connectivity index (χ0v) is 23.8. The van der Waals surface area contributed by atoms with Crippen molar-refractivity contribution >= 4 is 27.5 Å². The first kappa shape index (κ1) is 29.8. The van der Waals surface area contributed by atoms with E-state index in [1.54, 1.807) is 31.2 Å². The SMILES string of the molecule is CCc1ccccc1N(CC(=O)N(Cc1ccc(F)cc1)C(C)C(=O)NC(C)C)S(=O)(=O)c1ccc(C)cc1.